The molecule has 1 heterocycles. The van der Waals surface area contributed by atoms with Crippen molar-refractivity contribution in [3.8, 4) is 5.69 Å². The number of carboxylic acids is 1. The Balaban J connectivity index is 1.89. The van der Waals surface area contributed by atoms with Crippen LogP contribution >= 0.6 is 0 Å². The summed E-state index contributed by atoms with van der Waals surface area (Å²) >= 11 is 0. The second-order valence-corrected chi connectivity index (χ2v) is 7.43. The Bertz CT molecular complexity index is 1250. The third-order valence-corrected chi connectivity index (χ3v) is 5.47. The van der Waals surface area contributed by atoms with E-state index in [1.165, 1.54) is 0 Å². The van der Waals surface area contributed by atoms with Crippen LogP contribution < -0.4 is 0 Å². The highest BCUT2D eigenvalue weighted by Crippen LogP contribution is 2.32. The Morgan fingerprint density at radius 1 is 0.968 bits per heavy atom. The molecule has 154 valence electrons. The first-order chi connectivity index (χ1) is 15.1. The van der Waals surface area contributed by atoms with E-state index < -0.39 is 5.97 Å². The van der Waals surface area contributed by atoms with Crippen LogP contribution in [0.3, 0.4) is 0 Å². The van der Waals surface area contributed by atoms with Crippen LogP contribution in [0.15, 0.2) is 91.1 Å². The number of rotatable bonds is 7. The van der Waals surface area contributed by atoms with Crippen LogP contribution in [0.1, 0.15) is 40.7 Å². The molecule has 1 aromatic heterocycles. The summed E-state index contributed by atoms with van der Waals surface area (Å²) in [5.74, 6) is -1.18. The molecule has 0 radical (unpaired) electrons. The number of hydrogen-bond acceptors (Lipinski definition) is 2. The smallest absolute Gasteiger partial charge is 0.328 e. The summed E-state index contributed by atoms with van der Waals surface area (Å²) in [6.07, 6.45) is 5.25. The molecule has 4 rings (SSSR count). The lowest BCUT2D eigenvalue weighted by Gasteiger charge is -2.13. The average Bonchev–Trinajstić information content (AvgIpc) is 3.18. The van der Waals surface area contributed by atoms with Crippen LogP contribution in [-0.2, 0) is 4.79 Å². The number of carboxylic acid groups (broad SMARTS) is 1. The fourth-order valence-corrected chi connectivity index (χ4v) is 3.96. The zero-order valence-electron chi connectivity index (χ0n) is 17.2. The van der Waals surface area contributed by atoms with Crippen LogP contribution in [0.5, 0.6) is 0 Å². The standard InChI is InChI=1S/C27H23NO3/c1-2-22(20-9-5-3-6-10-20)27(31)24-18-28(21-11-7-4-8-12-21)25-15-13-19(17-23(24)25)14-16-26(29)30/h3-18,22H,2H2,1H3,(H,29,30)/b16-14+. The number of aromatic nitrogens is 1. The van der Waals surface area contributed by atoms with E-state index in [0.717, 1.165) is 33.8 Å². The van der Waals surface area contributed by atoms with Gasteiger partial charge < -0.3 is 9.67 Å². The molecule has 4 aromatic rings. The molecular formula is C27H23NO3. The number of hydrogen-bond donors (Lipinski definition) is 1. The number of carbonyl (C=O) groups excluding carboxylic acids is 1. The second kappa shape index (κ2) is 8.84. The number of nitrogens with zero attached hydrogens (tertiary/aromatic N) is 1. The van der Waals surface area contributed by atoms with Crippen molar-refractivity contribution in [2.75, 3.05) is 0 Å². The largest absolute Gasteiger partial charge is 0.478 e. The third-order valence-electron chi connectivity index (χ3n) is 5.47. The quantitative estimate of drug-likeness (QED) is 0.296. The fourth-order valence-electron chi connectivity index (χ4n) is 3.96. The van der Waals surface area contributed by atoms with Gasteiger partial charge in [0.15, 0.2) is 5.78 Å². The molecule has 0 aliphatic rings. The number of para-hydroxylation sites is 1. The zero-order chi connectivity index (χ0) is 21.8. The van der Waals surface area contributed by atoms with E-state index in [0.29, 0.717) is 12.0 Å². The molecule has 3 aromatic carbocycles. The minimum Gasteiger partial charge on any atom is -0.478 e. The Morgan fingerprint density at radius 2 is 1.65 bits per heavy atom. The van der Waals surface area contributed by atoms with E-state index in [-0.39, 0.29) is 11.7 Å². The number of carbonyl (C=O) groups is 2. The molecule has 1 unspecified atom stereocenters. The molecule has 0 amide bonds. The molecule has 0 fully saturated rings. The molecule has 4 nitrogen and oxygen atoms in total. The van der Waals surface area contributed by atoms with Gasteiger partial charge >= 0.3 is 5.97 Å². The van der Waals surface area contributed by atoms with Gasteiger partial charge in [-0.1, -0.05) is 61.5 Å². The maximum absolute atomic E-state index is 13.7. The van der Waals surface area contributed by atoms with Gasteiger partial charge in [-0.3, -0.25) is 4.79 Å². The molecule has 0 aliphatic heterocycles. The SMILES string of the molecule is CCC(C(=O)c1cn(-c2ccccc2)c2ccc(/C=C/C(=O)O)cc12)c1ccccc1. The predicted octanol–water partition coefficient (Wildman–Crippen LogP) is 6.10. The molecular weight excluding hydrogens is 386 g/mol. The molecule has 1 atom stereocenters. The van der Waals surface area contributed by atoms with Crippen molar-refractivity contribution >= 4 is 28.7 Å². The molecule has 0 spiro atoms. The first-order valence-corrected chi connectivity index (χ1v) is 10.3. The van der Waals surface area contributed by atoms with Crippen LogP contribution in [0, 0.1) is 0 Å². The first kappa shape index (κ1) is 20.4. The molecule has 4 heteroatoms. The molecule has 0 aliphatic carbocycles. The molecule has 0 saturated heterocycles. The number of benzene rings is 3. The summed E-state index contributed by atoms with van der Waals surface area (Å²) in [4.78, 5) is 24.6. The highest BCUT2D eigenvalue weighted by molar-refractivity contribution is 6.11. The number of Topliss-reactive ketones (excluding diaryl/α,β-unsaturated/α-hetero) is 1. The minimum absolute atomic E-state index is 0.0627. The molecule has 0 bridgehead atoms. The van der Waals surface area contributed by atoms with Gasteiger partial charge in [-0.25, -0.2) is 4.79 Å². The molecule has 31 heavy (non-hydrogen) atoms. The normalized spacial score (nSPS) is 12.3. The van der Waals surface area contributed by atoms with E-state index in [2.05, 4.69) is 0 Å². The van der Waals surface area contributed by atoms with E-state index in [1.807, 2.05) is 96.6 Å². The average molecular weight is 409 g/mol. The van der Waals surface area contributed by atoms with Crippen molar-refractivity contribution in [2.24, 2.45) is 0 Å². The van der Waals surface area contributed by atoms with Crippen molar-refractivity contribution in [3.05, 3.63) is 108 Å². The van der Waals surface area contributed by atoms with Crippen LogP contribution in [0.2, 0.25) is 0 Å². The maximum atomic E-state index is 13.7. The zero-order valence-corrected chi connectivity index (χ0v) is 17.2. The van der Waals surface area contributed by atoms with Gasteiger partial charge in [0, 0.05) is 34.8 Å². The van der Waals surface area contributed by atoms with Crippen molar-refractivity contribution < 1.29 is 14.7 Å². The highest BCUT2D eigenvalue weighted by Gasteiger charge is 2.24. The predicted molar refractivity (Wildman–Crippen MR) is 124 cm³/mol. The van der Waals surface area contributed by atoms with Gasteiger partial charge in [0.1, 0.15) is 0 Å². The van der Waals surface area contributed by atoms with Crippen LogP contribution in [0.4, 0.5) is 0 Å². The lowest BCUT2D eigenvalue weighted by molar-refractivity contribution is -0.131. The highest BCUT2D eigenvalue weighted by atomic mass is 16.4. The third kappa shape index (κ3) is 4.19. The van der Waals surface area contributed by atoms with E-state index in [4.69, 9.17) is 5.11 Å². The lowest BCUT2D eigenvalue weighted by Crippen LogP contribution is -2.12. The summed E-state index contributed by atoms with van der Waals surface area (Å²) in [7, 11) is 0. The van der Waals surface area contributed by atoms with Crippen molar-refractivity contribution in [1.82, 2.24) is 4.57 Å². The molecule has 1 N–H and O–H groups in total. The van der Waals surface area contributed by atoms with Gasteiger partial charge in [0.2, 0.25) is 0 Å². The number of fused-ring (bicyclic) bond motifs is 1. The summed E-state index contributed by atoms with van der Waals surface area (Å²) in [5, 5.41) is 9.78. The summed E-state index contributed by atoms with van der Waals surface area (Å²) in [6.45, 7) is 2.02. The Kier molecular flexibility index (Phi) is 5.80. The fraction of sp³-hybridized carbons (Fsp3) is 0.111. The Labute approximate surface area is 181 Å². The lowest BCUT2D eigenvalue weighted by atomic mass is 9.88. The van der Waals surface area contributed by atoms with E-state index in [9.17, 15) is 9.59 Å². The van der Waals surface area contributed by atoms with Gasteiger partial charge in [0.05, 0.1) is 5.52 Å². The molecule has 0 saturated carbocycles. The topological polar surface area (TPSA) is 59.3 Å². The Hall–Kier alpha value is -3.92. The maximum Gasteiger partial charge on any atom is 0.328 e. The summed E-state index contributed by atoms with van der Waals surface area (Å²) in [5.41, 5.74) is 4.25. The van der Waals surface area contributed by atoms with Crippen molar-refractivity contribution in [3.63, 3.8) is 0 Å². The van der Waals surface area contributed by atoms with Gasteiger partial charge in [-0.15, -0.1) is 0 Å². The van der Waals surface area contributed by atoms with Gasteiger partial charge in [-0.05, 0) is 47.9 Å². The van der Waals surface area contributed by atoms with E-state index >= 15 is 0 Å². The monoisotopic (exact) mass is 409 g/mol. The summed E-state index contributed by atoms with van der Waals surface area (Å²) < 4.78 is 2.02. The van der Waals surface area contributed by atoms with Gasteiger partial charge in [0.25, 0.3) is 0 Å². The number of ketones is 1. The van der Waals surface area contributed by atoms with Crippen LogP contribution in [-0.4, -0.2) is 21.4 Å². The second-order valence-electron chi connectivity index (χ2n) is 7.43. The first-order valence-electron chi connectivity index (χ1n) is 10.3. The van der Waals surface area contributed by atoms with Gasteiger partial charge in [-0.2, -0.15) is 0 Å². The Morgan fingerprint density at radius 3 is 2.29 bits per heavy atom. The summed E-state index contributed by atoms with van der Waals surface area (Å²) in [6, 6.07) is 25.4. The van der Waals surface area contributed by atoms with Crippen LogP contribution in [0.25, 0.3) is 22.7 Å². The van der Waals surface area contributed by atoms with Crippen molar-refractivity contribution in [1.29, 1.82) is 0 Å². The minimum atomic E-state index is -1.01. The van der Waals surface area contributed by atoms with Crippen molar-refractivity contribution in [2.45, 2.75) is 19.3 Å². The van der Waals surface area contributed by atoms with E-state index in [1.54, 1.807) is 6.08 Å². The number of aliphatic carboxylic acids is 1.